The van der Waals surface area contributed by atoms with E-state index in [0.29, 0.717) is 17.2 Å². The smallest absolute Gasteiger partial charge is 0.264 e. The van der Waals surface area contributed by atoms with E-state index in [1.54, 1.807) is 68.6 Å². The number of hydrogen-bond donors (Lipinski definition) is 1. The van der Waals surface area contributed by atoms with Crippen LogP contribution in [-0.2, 0) is 26.2 Å². The van der Waals surface area contributed by atoms with Gasteiger partial charge in [0.05, 0.1) is 17.7 Å². The van der Waals surface area contributed by atoms with Crippen LogP contribution >= 0.6 is 11.6 Å². The van der Waals surface area contributed by atoms with Crippen molar-refractivity contribution in [2.45, 2.75) is 37.8 Å². The molecule has 1 N–H and O–H groups in total. The molecule has 8 nitrogen and oxygen atoms in total. The maximum absolute atomic E-state index is 13.9. The van der Waals surface area contributed by atoms with E-state index < -0.39 is 28.5 Å². The van der Waals surface area contributed by atoms with Crippen LogP contribution < -0.4 is 14.4 Å². The molecule has 3 aromatic rings. The lowest BCUT2D eigenvalue weighted by atomic mass is 10.1. The van der Waals surface area contributed by atoms with Gasteiger partial charge in [-0.25, -0.2) is 8.42 Å². The first-order valence-electron chi connectivity index (χ1n) is 12.1. The van der Waals surface area contributed by atoms with E-state index in [0.717, 1.165) is 15.4 Å². The summed E-state index contributed by atoms with van der Waals surface area (Å²) in [6.07, 6.45) is 0.337. The lowest BCUT2D eigenvalue weighted by Crippen LogP contribution is -2.51. The minimum Gasteiger partial charge on any atom is -0.497 e. The van der Waals surface area contributed by atoms with E-state index in [4.69, 9.17) is 16.3 Å². The number of likely N-dealkylation sites (N-methyl/N-ethyl adjacent to an activating group) is 1. The van der Waals surface area contributed by atoms with Gasteiger partial charge in [0.2, 0.25) is 11.8 Å². The first-order valence-corrected chi connectivity index (χ1v) is 13.9. The number of nitrogens with zero attached hydrogens (tertiary/aromatic N) is 2. The first kappa shape index (κ1) is 29.0. The highest BCUT2D eigenvalue weighted by atomic mass is 35.5. The van der Waals surface area contributed by atoms with Crippen molar-refractivity contribution in [3.8, 4) is 5.75 Å². The van der Waals surface area contributed by atoms with Crippen molar-refractivity contribution in [3.05, 3.63) is 88.9 Å². The van der Waals surface area contributed by atoms with E-state index >= 15 is 0 Å². The van der Waals surface area contributed by atoms with Crippen LogP contribution in [0.15, 0.2) is 77.7 Å². The normalized spacial score (nSPS) is 11.9. The fourth-order valence-corrected chi connectivity index (χ4v) is 5.60. The maximum Gasteiger partial charge on any atom is 0.264 e. The van der Waals surface area contributed by atoms with Crippen molar-refractivity contribution in [3.63, 3.8) is 0 Å². The average molecular weight is 558 g/mol. The second-order valence-corrected chi connectivity index (χ2v) is 11.0. The summed E-state index contributed by atoms with van der Waals surface area (Å²) in [4.78, 5) is 28.1. The SMILES string of the molecule is CCC(C(=O)NC)N(Cc1ccc(OC)cc1)C(=O)CN(c1cccc(Cl)c1)S(=O)(=O)c1ccc(C)cc1. The highest BCUT2D eigenvalue weighted by Gasteiger charge is 2.33. The number of ether oxygens (including phenoxy) is 1. The van der Waals surface area contributed by atoms with Crippen molar-refractivity contribution < 1.29 is 22.7 Å². The van der Waals surface area contributed by atoms with Crippen LogP contribution in [0, 0.1) is 6.92 Å². The van der Waals surface area contributed by atoms with Crippen LogP contribution in [0.2, 0.25) is 5.02 Å². The summed E-state index contributed by atoms with van der Waals surface area (Å²) >= 11 is 6.19. The van der Waals surface area contributed by atoms with Crippen molar-refractivity contribution in [1.29, 1.82) is 0 Å². The number of hydrogen-bond acceptors (Lipinski definition) is 5. The molecule has 0 fully saturated rings. The third-order valence-electron chi connectivity index (χ3n) is 6.13. The highest BCUT2D eigenvalue weighted by Crippen LogP contribution is 2.27. The van der Waals surface area contributed by atoms with E-state index in [9.17, 15) is 18.0 Å². The standard InChI is InChI=1S/C28H32ClN3O5S/c1-5-26(28(34)30-3)31(18-21-11-13-24(37-4)14-12-21)27(33)19-32(23-8-6-7-22(29)17-23)38(35,36)25-15-9-20(2)10-16-25/h6-17,26H,5,18-19H2,1-4H3,(H,30,34). The number of aryl methyl sites for hydroxylation is 1. The first-order chi connectivity index (χ1) is 18.1. The molecule has 0 radical (unpaired) electrons. The monoisotopic (exact) mass is 557 g/mol. The van der Waals surface area contributed by atoms with Crippen LogP contribution in [0.4, 0.5) is 5.69 Å². The van der Waals surface area contributed by atoms with E-state index in [1.165, 1.54) is 30.1 Å². The fraction of sp³-hybridized carbons (Fsp3) is 0.286. The van der Waals surface area contributed by atoms with Gasteiger partial charge in [-0.15, -0.1) is 0 Å². The Kier molecular flexibility index (Phi) is 9.77. The van der Waals surface area contributed by atoms with Gasteiger partial charge in [-0.2, -0.15) is 0 Å². The summed E-state index contributed by atoms with van der Waals surface area (Å²) in [5.74, 6) is -0.224. The number of carbonyl (C=O) groups excluding carboxylic acids is 2. The van der Waals surface area contributed by atoms with Gasteiger partial charge in [-0.05, 0) is 61.4 Å². The maximum atomic E-state index is 13.9. The quantitative estimate of drug-likeness (QED) is 0.377. The van der Waals surface area contributed by atoms with Gasteiger partial charge < -0.3 is 15.0 Å². The molecule has 3 rings (SSSR count). The molecule has 202 valence electrons. The predicted octanol–water partition coefficient (Wildman–Crippen LogP) is 4.41. The van der Waals surface area contributed by atoms with Gasteiger partial charge in [-0.1, -0.05) is 54.4 Å². The molecule has 0 saturated heterocycles. The van der Waals surface area contributed by atoms with Gasteiger partial charge in [-0.3, -0.25) is 13.9 Å². The van der Waals surface area contributed by atoms with Gasteiger partial charge in [0.15, 0.2) is 0 Å². The van der Waals surface area contributed by atoms with Crippen LogP contribution in [0.1, 0.15) is 24.5 Å². The van der Waals surface area contributed by atoms with Crippen molar-refractivity contribution >= 4 is 39.1 Å². The van der Waals surface area contributed by atoms with Gasteiger partial charge in [0.25, 0.3) is 10.0 Å². The molecular weight excluding hydrogens is 526 g/mol. The topological polar surface area (TPSA) is 96.0 Å². The third-order valence-corrected chi connectivity index (χ3v) is 8.15. The summed E-state index contributed by atoms with van der Waals surface area (Å²) in [7, 11) is -1.09. The second-order valence-electron chi connectivity index (χ2n) is 8.71. The Bertz CT molecular complexity index is 1360. The van der Waals surface area contributed by atoms with E-state index in [-0.39, 0.29) is 23.0 Å². The molecule has 38 heavy (non-hydrogen) atoms. The zero-order valence-corrected chi connectivity index (χ0v) is 23.4. The molecule has 0 spiro atoms. The average Bonchev–Trinajstić information content (AvgIpc) is 2.91. The number of rotatable bonds is 11. The predicted molar refractivity (Wildman–Crippen MR) is 149 cm³/mol. The Morgan fingerprint density at radius 1 is 1.03 bits per heavy atom. The van der Waals surface area contributed by atoms with Gasteiger partial charge in [0.1, 0.15) is 18.3 Å². The molecule has 1 unspecified atom stereocenters. The van der Waals surface area contributed by atoms with Crippen LogP contribution in [0.5, 0.6) is 5.75 Å². The zero-order valence-electron chi connectivity index (χ0n) is 21.8. The van der Waals surface area contributed by atoms with Gasteiger partial charge in [0, 0.05) is 18.6 Å². The summed E-state index contributed by atoms with van der Waals surface area (Å²) in [5.41, 5.74) is 1.90. The molecule has 0 aliphatic rings. The lowest BCUT2D eigenvalue weighted by molar-refractivity contribution is -0.140. The minimum absolute atomic E-state index is 0.0379. The van der Waals surface area contributed by atoms with Crippen molar-refractivity contribution in [1.82, 2.24) is 10.2 Å². The number of nitrogens with one attached hydrogen (secondary N) is 1. The Labute approximate surface area is 229 Å². The summed E-state index contributed by atoms with van der Waals surface area (Å²) < 4.78 is 33.8. The number of methoxy groups -OCH3 is 1. The van der Waals surface area contributed by atoms with Crippen molar-refractivity contribution in [2.75, 3.05) is 25.0 Å². The molecule has 0 aliphatic heterocycles. The molecule has 0 saturated carbocycles. The number of amides is 2. The molecule has 1 atom stereocenters. The van der Waals surface area contributed by atoms with E-state index in [1.807, 2.05) is 6.92 Å². The number of sulfonamides is 1. The summed E-state index contributed by atoms with van der Waals surface area (Å²) in [6, 6.07) is 19.0. The molecule has 0 aliphatic carbocycles. The molecular formula is C28H32ClN3O5S. The zero-order chi connectivity index (χ0) is 27.9. The van der Waals surface area contributed by atoms with Crippen LogP contribution in [0.25, 0.3) is 0 Å². The summed E-state index contributed by atoms with van der Waals surface area (Å²) in [5, 5.41) is 2.93. The molecule has 0 heterocycles. The lowest BCUT2D eigenvalue weighted by Gasteiger charge is -2.33. The third kappa shape index (κ3) is 6.85. The molecule has 0 aromatic heterocycles. The molecule has 2 amide bonds. The highest BCUT2D eigenvalue weighted by molar-refractivity contribution is 7.92. The number of anilines is 1. The molecule has 3 aromatic carbocycles. The Morgan fingerprint density at radius 2 is 1.68 bits per heavy atom. The Balaban J connectivity index is 2.04. The summed E-state index contributed by atoms with van der Waals surface area (Å²) in [6.45, 7) is 3.23. The fourth-order valence-electron chi connectivity index (χ4n) is 4.01. The molecule has 0 bridgehead atoms. The largest absolute Gasteiger partial charge is 0.497 e. The van der Waals surface area contributed by atoms with Crippen molar-refractivity contribution in [2.24, 2.45) is 0 Å². The molecule has 10 heteroatoms. The second kappa shape index (κ2) is 12.8. The van der Waals surface area contributed by atoms with Gasteiger partial charge >= 0.3 is 0 Å². The van der Waals surface area contributed by atoms with E-state index in [2.05, 4.69) is 5.32 Å². The van der Waals surface area contributed by atoms with Crippen LogP contribution in [-0.4, -0.2) is 51.9 Å². The van der Waals surface area contributed by atoms with Crippen LogP contribution in [0.3, 0.4) is 0 Å². The number of carbonyl (C=O) groups is 2. The minimum atomic E-state index is -4.15. The number of benzene rings is 3. The Hall–Kier alpha value is -3.56. The Morgan fingerprint density at radius 3 is 2.24 bits per heavy atom. The number of halogens is 1.